The molecule has 1 aromatic rings. The number of hydrogen-bond donors (Lipinski definition) is 3. The Morgan fingerprint density at radius 2 is 2.14 bits per heavy atom. The molecule has 1 aliphatic rings. The van der Waals surface area contributed by atoms with Crippen molar-refractivity contribution in [3.63, 3.8) is 0 Å². The minimum absolute atomic E-state index is 0.234. The van der Waals surface area contributed by atoms with Gasteiger partial charge >= 0.3 is 5.97 Å². The van der Waals surface area contributed by atoms with Crippen LogP contribution in [0.1, 0.15) is 29.6 Å². The van der Waals surface area contributed by atoms with Gasteiger partial charge in [0.05, 0.1) is 5.56 Å². The molecule has 2 rings (SSSR count). The molecule has 0 aromatic heterocycles. The molecule has 5 nitrogen and oxygen atoms in total. The van der Waals surface area contributed by atoms with Gasteiger partial charge in [-0.05, 0) is 49.4 Å². The number of hydrogen-bond acceptors (Lipinski definition) is 4. The van der Waals surface area contributed by atoms with Gasteiger partial charge in [0.15, 0.2) is 0 Å². The number of aromatic carboxylic acids is 1. The number of carboxylic acids is 1. The van der Waals surface area contributed by atoms with E-state index in [-0.39, 0.29) is 12.2 Å². The zero-order valence-corrected chi connectivity index (χ0v) is 12.1. The Morgan fingerprint density at radius 3 is 2.90 bits per heavy atom. The Balaban J connectivity index is 1.65. The van der Waals surface area contributed by atoms with Gasteiger partial charge in [0.1, 0.15) is 12.4 Å². The average Bonchev–Trinajstić information content (AvgIpc) is 2.94. The van der Waals surface area contributed by atoms with Gasteiger partial charge in [-0.25, -0.2) is 4.79 Å². The predicted molar refractivity (Wildman–Crippen MR) is 79.7 cm³/mol. The molecule has 0 bridgehead atoms. The van der Waals surface area contributed by atoms with Crippen molar-refractivity contribution < 1.29 is 19.7 Å². The van der Waals surface area contributed by atoms with E-state index in [9.17, 15) is 9.90 Å². The molecule has 2 atom stereocenters. The van der Waals surface area contributed by atoms with E-state index in [1.165, 1.54) is 18.9 Å². The van der Waals surface area contributed by atoms with Crippen LogP contribution in [0.15, 0.2) is 24.3 Å². The Kier molecular flexibility index (Phi) is 6.02. The van der Waals surface area contributed by atoms with Crippen LogP contribution in [0.5, 0.6) is 5.75 Å². The maximum Gasteiger partial charge on any atom is 0.335 e. The lowest BCUT2D eigenvalue weighted by Gasteiger charge is -2.17. The van der Waals surface area contributed by atoms with Crippen molar-refractivity contribution in [3.05, 3.63) is 29.8 Å². The Labute approximate surface area is 124 Å². The number of aliphatic hydroxyl groups is 1. The maximum atomic E-state index is 10.8. The first kappa shape index (κ1) is 15.8. The zero-order chi connectivity index (χ0) is 15.1. The minimum atomic E-state index is -0.949. The van der Waals surface area contributed by atoms with Crippen LogP contribution < -0.4 is 10.1 Å². The number of nitrogens with one attached hydrogen (secondary N) is 1. The molecule has 5 heteroatoms. The summed E-state index contributed by atoms with van der Waals surface area (Å²) in [7, 11) is 0. The van der Waals surface area contributed by atoms with E-state index in [2.05, 4.69) is 5.32 Å². The van der Waals surface area contributed by atoms with Gasteiger partial charge in [-0.1, -0.05) is 12.5 Å². The van der Waals surface area contributed by atoms with Crippen LogP contribution in [0, 0.1) is 11.8 Å². The summed E-state index contributed by atoms with van der Waals surface area (Å²) in [5.74, 6) is 0.622. The normalized spacial score (nSPS) is 21.4. The minimum Gasteiger partial charge on any atom is -0.492 e. The Morgan fingerprint density at radius 1 is 1.33 bits per heavy atom. The van der Waals surface area contributed by atoms with Crippen LogP contribution in [0.2, 0.25) is 0 Å². The second kappa shape index (κ2) is 8.00. The SMILES string of the molecule is O=C(O)c1cccc(OCCNCC2CCCC2CO)c1. The molecular weight excluding hydrogens is 270 g/mol. The largest absolute Gasteiger partial charge is 0.492 e. The van der Waals surface area contributed by atoms with Crippen LogP contribution in [-0.2, 0) is 0 Å². The third-order valence-electron chi connectivity index (χ3n) is 4.09. The number of aliphatic hydroxyl groups excluding tert-OH is 1. The van der Waals surface area contributed by atoms with E-state index in [0.29, 0.717) is 30.7 Å². The summed E-state index contributed by atoms with van der Waals surface area (Å²) in [6, 6.07) is 6.51. The van der Waals surface area contributed by atoms with Crippen LogP contribution in [0.25, 0.3) is 0 Å². The van der Waals surface area contributed by atoms with Crippen LogP contribution in [0.3, 0.4) is 0 Å². The second-order valence-corrected chi connectivity index (χ2v) is 5.52. The van der Waals surface area contributed by atoms with Crippen molar-refractivity contribution in [1.82, 2.24) is 5.32 Å². The lowest BCUT2D eigenvalue weighted by atomic mass is 9.97. The highest BCUT2D eigenvalue weighted by atomic mass is 16.5. The summed E-state index contributed by atoms with van der Waals surface area (Å²) >= 11 is 0. The number of carboxylic acid groups (broad SMARTS) is 1. The first-order valence-electron chi connectivity index (χ1n) is 7.48. The molecule has 0 radical (unpaired) electrons. The van der Waals surface area contributed by atoms with E-state index < -0.39 is 5.97 Å². The fourth-order valence-electron chi connectivity index (χ4n) is 2.87. The van der Waals surface area contributed by atoms with Crippen molar-refractivity contribution in [2.45, 2.75) is 19.3 Å². The van der Waals surface area contributed by atoms with Crippen LogP contribution in [-0.4, -0.2) is 42.5 Å². The number of carbonyl (C=O) groups is 1. The van der Waals surface area contributed by atoms with Gasteiger partial charge in [0.2, 0.25) is 0 Å². The summed E-state index contributed by atoms with van der Waals surface area (Å²) in [5.41, 5.74) is 0.234. The second-order valence-electron chi connectivity index (χ2n) is 5.52. The van der Waals surface area contributed by atoms with Crippen molar-refractivity contribution in [3.8, 4) is 5.75 Å². The molecule has 116 valence electrons. The van der Waals surface area contributed by atoms with Crippen molar-refractivity contribution in [2.24, 2.45) is 11.8 Å². The topological polar surface area (TPSA) is 78.8 Å². The van der Waals surface area contributed by atoms with E-state index in [1.807, 2.05) is 0 Å². The lowest BCUT2D eigenvalue weighted by molar-refractivity contribution is 0.0696. The van der Waals surface area contributed by atoms with E-state index in [4.69, 9.17) is 9.84 Å². The molecule has 1 saturated carbocycles. The van der Waals surface area contributed by atoms with E-state index >= 15 is 0 Å². The highest BCUT2D eigenvalue weighted by Gasteiger charge is 2.25. The third kappa shape index (κ3) is 4.72. The number of ether oxygens (including phenoxy) is 1. The summed E-state index contributed by atoms with van der Waals surface area (Å²) in [6.45, 7) is 2.40. The highest BCUT2D eigenvalue weighted by molar-refractivity contribution is 5.87. The van der Waals surface area contributed by atoms with Crippen LogP contribution >= 0.6 is 0 Å². The summed E-state index contributed by atoms with van der Waals surface area (Å²) in [4.78, 5) is 10.8. The van der Waals surface area contributed by atoms with Gasteiger partial charge in [-0.15, -0.1) is 0 Å². The van der Waals surface area contributed by atoms with Crippen molar-refractivity contribution in [1.29, 1.82) is 0 Å². The number of rotatable bonds is 8. The van der Waals surface area contributed by atoms with E-state index in [1.54, 1.807) is 18.2 Å². The standard InChI is InChI=1S/C16H23NO4/c18-11-14-5-1-4-13(14)10-17-7-8-21-15-6-2-3-12(9-15)16(19)20/h2-3,6,9,13-14,17-18H,1,4-5,7-8,10-11H2,(H,19,20). The molecule has 21 heavy (non-hydrogen) atoms. The first-order valence-corrected chi connectivity index (χ1v) is 7.48. The molecule has 3 N–H and O–H groups in total. The molecule has 0 saturated heterocycles. The molecule has 1 fully saturated rings. The molecule has 2 unspecified atom stereocenters. The van der Waals surface area contributed by atoms with Crippen molar-refractivity contribution in [2.75, 3.05) is 26.3 Å². The Hall–Kier alpha value is -1.59. The van der Waals surface area contributed by atoms with Gasteiger partial charge in [-0.3, -0.25) is 0 Å². The maximum absolute atomic E-state index is 10.8. The Bertz CT molecular complexity index is 463. The third-order valence-corrected chi connectivity index (χ3v) is 4.09. The molecular formula is C16H23NO4. The van der Waals surface area contributed by atoms with Crippen LogP contribution in [0.4, 0.5) is 0 Å². The zero-order valence-electron chi connectivity index (χ0n) is 12.1. The molecule has 1 aromatic carbocycles. The molecule has 1 aliphatic carbocycles. The molecule has 0 amide bonds. The monoisotopic (exact) mass is 293 g/mol. The predicted octanol–water partition coefficient (Wildman–Crippen LogP) is 1.76. The smallest absolute Gasteiger partial charge is 0.335 e. The van der Waals surface area contributed by atoms with E-state index in [0.717, 1.165) is 13.0 Å². The average molecular weight is 293 g/mol. The molecule has 0 spiro atoms. The van der Waals surface area contributed by atoms with Gasteiger partial charge in [0.25, 0.3) is 0 Å². The van der Waals surface area contributed by atoms with Crippen molar-refractivity contribution >= 4 is 5.97 Å². The molecule has 0 aliphatic heterocycles. The number of benzene rings is 1. The highest BCUT2D eigenvalue weighted by Crippen LogP contribution is 2.30. The lowest BCUT2D eigenvalue weighted by Crippen LogP contribution is -2.29. The first-order chi connectivity index (χ1) is 10.2. The van der Waals surface area contributed by atoms with Gasteiger partial charge < -0.3 is 20.3 Å². The summed E-state index contributed by atoms with van der Waals surface area (Å²) in [5, 5.41) is 21.5. The summed E-state index contributed by atoms with van der Waals surface area (Å²) in [6.07, 6.45) is 3.51. The summed E-state index contributed by atoms with van der Waals surface area (Å²) < 4.78 is 5.54. The fourth-order valence-corrected chi connectivity index (χ4v) is 2.87. The molecule has 0 heterocycles. The quantitative estimate of drug-likeness (QED) is 0.637. The fraction of sp³-hybridized carbons (Fsp3) is 0.562. The van der Waals surface area contributed by atoms with Gasteiger partial charge in [-0.2, -0.15) is 0 Å². The van der Waals surface area contributed by atoms with Gasteiger partial charge in [0, 0.05) is 13.2 Å².